The molecule has 0 amide bonds. The lowest BCUT2D eigenvalue weighted by Gasteiger charge is -2.21. The van der Waals surface area contributed by atoms with Gasteiger partial charge >= 0.3 is 0 Å². The standard InChI is InChI=1S/C20H22O/c1-13-11-12-18-17-10-6-9-16(15-7-4-3-5-8-15)20(17)21-19(18)14(13)2/h6,9-12,15H,3-5,7-8H2,1-2H3. The van der Waals surface area contributed by atoms with Gasteiger partial charge in [-0.15, -0.1) is 0 Å². The zero-order valence-electron chi connectivity index (χ0n) is 12.9. The van der Waals surface area contributed by atoms with Crippen LogP contribution in [0.25, 0.3) is 21.9 Å². The molecule has 108 valence electrons. The van der Waals surface area contributed by atoms with Crippen LogP contribution < -0.4 is 0 Å². The summed E-state index contributed by atoms with van der Waals surface area (Å²) in [5.41, 5.74) is 6.22. The van der Waals surface area contributed by atoms with E-state index >= 15 is 0 Å². The fourth-order valence-corrected chi connectivity index (χ4v) is 3.85. The normalized spacial score (nSPS) is 16.9. The Morgan fingerprint density at radius 3 is 2.43 bits per heavy atom. The highest BCUT2D eigenvalue weighted by Gasteiger charge is 2.21. The minimum atomic E-state index is 0.685. The predicted octanol–water partition coefficient (Wildman–Crippen LogP) is 6.25. The second-order valence-electron chi connectivity index (χ2n) is 6.55. The molecule has 0 saturated heterocycles. The number of furan rings is 1. The Hall–Kier alpha value is -1.76. The van der Waals surface area contributed by atoms with Crippen LogP contribution in [0.4, 0.5) is 0 Å². The molecule has 1 heterocycles. The van der Waals surface area contributed by atoms with E-state index in [-0.39, 0.29) is 0 Å². The van der Waals surface area contributed by atoms with Gasteiger partial charge in [0, 0.05) is 10.8 Å². The molecular weight excluding hydrogens is 256 g/mol. The SMILES string of the molecule is Cc1ccc2c(oc3c(C4CCCCC4)cccc32)c1C. The van der Waals surface area contributed by atoms with Crippen LogP contribution in [-0.2, 0) is 0 Å². The van der Waals surface area contributed by atoms with Crippen molar-refractivity contribution in [3.63, 3.8) is 0 Å². The molecule has 1 aliphatic rings. The molecule has 0 aliphatic heterocycles. The van der Waals surface area contributed by atoms with Gasteiger partial charge in [0.1, 0.15) is 11.2 Å². The topological polar surface area (TPSA) is 13.1 Å². The quantitative estimate of drug-likeness (QED) is 0.512. The van der Waals surface area contributed by atoms with E-state index in [1.165, 1.54) is 59.6 Å². The second-order valence-corrected chi connectivity index (χ2v) is 6.55. The molecule has 1 heteroatoms. The minimum Gasteiger partial charge on any atom is -0.455 e. The van der Waals surface area contributed by atoms with Crippen LogP contribution in [0.2, 0.25) is 0 Å². The zero-order valence-corrected chi connectivity index (χ0v) is 12.9. The number of aryl methyl sites for hydroxylation is 2. The molecule has 0 spiro atoms. The van der Waals surface area contributed by atoms with Gasteiger partial charge in [0.15, 0.2) is 0 Å². The monoisotopic (exact) mass is 278 g/mol. The summed E-state index contributed by atoms with van der Waals surface area (Å²) in [7, 11) is 0. The fraction of sp³-hybridized carbons (Fsp3) is 0.400. The van der Waals surface area contributed by atoms with Crippen molar-refractivity contribution in [2.45, 2.75) is 51.9 Å². The van der Waals surface area contributed by atoms with Crippen molar-refractivity contribution in [3.8, 4) is 0 Å². The van der Waals surface area contributed by atoms with E-state index in [2.05, 4.69) is 44.2 Å². The van der Waals surface area contributed by atoms with Gasteiger partial charge in [-0.1, -0.05) is 49.6 Å². The van der Waals surface area contributed by atoms with Crippen LogP contribution >= 0.6 is 0 Å². The summed E-state index contributed by atoms with van der Waals surface area (Å²) in [5, 5.41) is 2.56. The van der Waals surface area contributed by atoms with Crippen molar-refractivity contribution >= 4 is 21.9 Å². The molecule has 4 rings (SSSR count). The van der Waals surface area contributed by atoms with Gasteiger partial charge in [-0.2, -0.15) is 0 Å². The third-order valence-electron chi connectivity index (χ3n) is 5.26. The molecule has 3 aromatic rings. The molecule has 0 bridgehead atoms. The minimum absolute atomic E-state index is 0.685. The molecule has 0 N–H and O–H groups in total. The van der Waals surface area contributed by atoms with Crippen LogP contribution in [0.15, 0.2) is 34.7 Å². The molecule has 1 fully saturated rings. The maximum atomic E-state index is 6.35. The average Bonchev–Trinajstić information content (AvgIpc) is 2.91. The maximum Gasteiger partial charge on any atom is 0.138 e. The average molecular weight is 278 g/mol. The molecule has 0 radical (unpaired) electrons. The Morgan fingerprint density at radius 2 is 1.62 bits per heavy atom. The molecule has 21 heavy (non-hydrogen) atoms. The lowest BCUT2D eigenvalue weighted by atomic mass is 9.83. The molecule has 1 aromatic heterocycles. The second kappa shape index (κ2) is 4.91. The lowest BCUT2D eigenvalue weighted by molar-refractivity contribution is 0.442. The van der Waals surface area contributed by atoms with Crippen LogP contribution in [0, 0.1) is 13.8 Å². The number of rotatable bonds is 1. The van der Waals surface area contributed by atoms with Crippen LogP contribution in [0.1, 0.15) is 54.7 Å². The van der Waals surface area contributed by atoms with Crippen LogP contribution in [-0.4, -0.2) is 0 Å². The van der Waals surface area contributed by atoms with Crippen molar-refractivity contribution in [3.05, 3.63) is 47.0 Å². The van der Waals surface area contributed by atoms with Gasteiger partial charge in [0.25, 0.3) is 0 Å². The van der Waals surface area contributed by atoms with Crippen molar-refractivity contribution in [1.82, 2.24) is 0 Å². The Kier molecular flexibility index (Phi) is 3.02. The summed E-state index contributed by atoms with van der Waals surface area (Å²) in [6.45, 7) is 4.32. The third kappa shape index (κ3) is 1.98. The Labute approximate surface area is 126 Å². The Bertz CT molecular complexity index is 803. The van der Waals surface area contributed by atoms with Crippen molar-refractivity contribution in [2.24, 2.45) is 0 Å². The summed E-state index contributed by atoms with van der Waals surface area (Å²) in [6, 6.07) is 11.1. The third-order valence-corrected chi connectivity index (χ3v) is 5.26. The Balaban J connectivity index is 1.98. The first kappa shape index (κ1) is 12.9. The molecule has 0 unspecified atom stereocenters. The smallest absolute Gasteiger partial charge is 0.138 e. The summed E-state index contributed by atoms with van der Waals surface area (Å²) in [4.78, 5) is 0. The van der Waals surface area contributed by atoms with Gasteiger partial charge in [-0.05, 0) is 49.3 Å². The zero-order chi connectivity index (χ0) is 14.4. The van der Waals surface area contributed by atoms with Crippen molar-refractivity contribution in [1.29, 1.82) is 0 Å². The first-order valence-electron chi connectivity index (χ1n) is 8.17. The van der Waals surface area contributed by atoms with E-state index in [1.54, 1.807) is 0 Å². The van der Waals surface area contributed by atoms with E-state index in [1.807, 2.05) is 0 Å². The highest BCUT2D eigenvalue weighted by Crippen LogP contribution is 2.40. The first-order chi connectivity index (χ1) is 10.3. The molecule has 1 saturated carbocycles. The van der Waals surface area contributed by atoms with E-state index in [0.29, 0.717) is 5.92 Å². The molecule has 1 nitrogen and oxygen atoms in total. The van der Waals surface area contributed by atoms with Gasteiger partial charge in [0.05, 0.1) is 0 Å². The number of benzene rings is 2. The fourth-order valence-electron chi connectivity index (χ4n) is 3.85. The van der Waals surface area contributed by atoms with E-state index in [4.69, 9.17) is 4.42 Å². The number of para-hydroxylation sites is 1. The first-order valence-corrected chi connectivity index (χ1v) is 8.17. The van der Waals surface area contributed by atoms with Crippen LogP contribution in [0.3, 0.4) is 0 Å². The highest BCUT2D eigenvalue weighted by atomic mass is 16.3. The Morgan fingerprint density at radius 1 is 0.857 bits per heavy atom. The number of hydrogen-bond acceptors (Lipinski definition) is 1. The van der Waals surface area contributed by atoms with Crippen molar-refractivity contribution < 1.29 is 4.42 Å². The molecule has 2 aromatic carbocycles. The summed E-state index contributed by atoms with van der Waals surface area (Å²) >= 11 is 0. The van der Waals surface area contributed by atoms with E-state index in [0.717, 1.165) is 11.2 Å². The van der Waals surface area contributed by atoms with E-state index in [9.17, 15) is 0 Å². The lowest BCUT2D eigenvalue weighted by Crippen LogP contribution is -2.04. The van der Waals surface area contributed by atoms with E-state index < -0.39 is 0 Å². The van der Waals surface area contributed by atoms with Crippen LogP contribution in [0.5, 0.6) is 0 Å². The molecule has 0 atom stereocenters. The summed E-state index contributed by atoms with van der Waals surface area (Å²) in [5.74, 6) is 0.685. The number of hydrogen-bond donors (Lipinski definition) is 0. The summed E-state index contributed by atoms with van der Waals surface area (Å²) < 4.78 is 6.35. The molecule has 1 aliphatic carbocycles. The predicted molar refractivity (Wildman–Crippen MR) is 89.0 cm³/mol. The summed E-state index contributed by atoms with van der Waals surface area (Å²) in [6.07, 6.45) is 6.74. The van der Waals surface area contributed by atoms with Crippen molar-refractivity contribution in [2.75, 3.05) is 0 Å². The number of fused-ring (bicyclic) bond motifs is 3. The van der Waals surface area contributed by atoms with Gasteiger partial charge in [-0.25, -0.2) is 0 Å². The van der Waals surface area contributed by atoms with Gasteiger partial charge < -0.3 is 4.42 Å². The highest BCUT2D eigenvalue weighted by molar-refractivity contribution is 6.07. The largest absolute Gasteiger partial charge is 0.455 e. The van der Waals surface area contributed by atoms with Gasteiger partial charge in [0.2, 0.25) is 0 Å². The van der Waals surface area contributed by atoms with Gasteiger partial charge in [-0.3, -0.25) is 0 Å². The maximum absolute atomic E-state index is 6.35. The molecular formula is C20H22O.